The summed E-state index contributed by atoms with van der Waals surface area (Å²) in [5.74, 6) is 0.967. The molecule has 0 spiro atoms. The highest BCUT2D eigenvalue weighted by Crippen LogP contribution is 2.58. The quantitative estimate of drug-likeness (QED) is 0.576. The van der Waals surface area contributed by atoms with Gasteiger partial charge in [-0.3, -0.25) is 0 Å². The van der Waals surface area contributed by atoms with E-state index in [9.17, 15) is 9.59 Å². The monoisotopic (exact) mass is 336 g/mol. The first kappa shape index (κ1) is 17.3. The summed E-state index contributed by atoms with van der Waals surface area (Å²) in [5, 5.41) is 0. The summed E-state index contributed by atoms with van der Waals surface area (Å²) in [4.78, 5) is 24.4. The van der Waals surface area contributed by atoms with Crippen LogP contribution in [0.2, 0.25) is 0 Å². The van der Waals surface area contributed by atoms with Crippen LogP contribution in [0.1, 0.15) is 59.8 Å². The Bertz CT molecular complexity index is 545. The number of hydrogen-bond donors (Lipinski definition) is 0. The van der Waals surface area contributed by atoms with Gasteiger partial charge in [-0.15, -0.1) is 0 Å². The summed E-state index contributed by atoms with van der Waals surface area (Å²) in [7, 11) is 0. The van der Waals surface area contributed by atoms with Gasteiger partial charge in [0, 0.05) is 11.5 Å². The fraction of sp³-hybridized carbons (Fsp3) is 0.789. The maximum absolute atomic E-state index is 12.2. The van der Waals surface area contributed by atoms with Crippen LogP contribution >= 0.6 is 0 Å². The Labute approximate surface area is 143 Å². The van der Waals surface area contributed by atoms with Crippen molar-refractivity contribution in [2.45, 2.75) is 77.1 Å². The third kappa shape index (κ3) is 3.31. The molecule has 0 aromatic rings. The molecule has 0 heterocycles. The smallest absolute Gasteiger partial charge is 0.452 e. The standard InChI is InChI=1S/C19H28O5/c1-11(2)16(20)23-19-9-12-6-13(10-19)8-14(7-12)15(19)22-17(21)24-18(3,4)5/h12-15H,1,6-10H2,2-5H3. The lowest BCUT2D eigenvalue weighted by Gasteiger charge is -2.58. The van der Waals surface area contributed by atoms with E-state index in [1.165, 1.54) is 6.42 Å². The van der Waals surface area contributed by atoms with Crippen molar-refractivity contribution in [2.24, 2.45) is 17.8 Å². The van der Waals surface area contributed by atoms with Gasteiger partial charge in [-0.05, 0) is 71.6 Å². The van der Waals surface area contributed by atoms with E-state index in [-0.39, 0.29) is 5.92 Å². The zero-order valence-electron chi connectivity index (χ0n) is 15.1. The maximum Gasteiger partial charge on any atom is 0.509 e. The molecule has 5 heteroatoms. The normalized spacial score (nSPS) is 37.0. The topological polar surface area (TPSA) is 61.8 Å². The Balaban J connectivity index is 1.81. The molecule has 4 aliphatic carbocycles. The van der Waals surface area contributed by atoms with Crippen molar-refractivity contribution in [3.05, 3.63) is 12.2 Å². The molecule has 0 aromatic heterocycles. The van der Waals surface area contributed by atoms with E-state index in [4.69, 9.17) is 14.2 Å². The highest BCUT2D eigenvalue weighted by atomic mass is 16.7. The molecule has 0 aliphatic heterocycles. The molecule has 24 heavy (non-hydrogen) atoms. The minimum absolute atomic E-state index is 0.252. The SMILES string of the molecule is C=C(C)C(=O)OC12CC3CC(CC(C3)C1OC(=O)OC(C)(C)C)C2. The van der Waals surface area contributed by atoms with E-state index in [0.717, 1.165) is 25.7 Å². The van der Waals surface area contributed by atoms with E-state index < -0.39 is 29.4 Å². The largest absolute Gasteiger partial charge is 0.509 e. The minimum Gasteiger partial charge on any atom is -0.452 e. The average molecular weight is 336 g/mol. The number of rotatable bonds is 3. The van der Waals surface area contributed by atoms with Gasteiger partial charge in [-0.25, -0.2) is 9.59 Å². The molecule has 0 aromatic carbocycles. The predicted octanol–water partition coefficient (Wildman–Crippen LogP) is 4.00. The van der Waals surface area contributed by atoms with Gasteiger partial charge in [0.05, 0.1) is 0 Å². The Morgan fingerprint density at radius 1 is 1.08 bits per heavy atom. The molecule has 0 amide bonds. The van der Waals surface area contributed by atoms with Crippen LogP contribution in [-0.2, 0) is 19.0 Å². The van der Waals surface area contributed by atoms with Crippen LogP contribution in [0.3, 0.4) is 0 Å². The van der Waals surface area contributed by atoms with Crippen molar-refractivity contribution in [1.29, 1.82) is 0 Å². The van der Waals surface area contributed by atoms with Gasteiger partial charge in [0.15, 0.2) is 5.60 Å². The van der Waals surface area contributed by atoms with Gasteiger partial charge in [0.1, 0.15) is 11.7 Å². The maximum atomic E-state index is 12.2. The number of carbonyl (C=O) groups excluding carboxylic acids is 2. The molecule has 4 saturated carbocycles. The lowest BCUT2D eigenvalue weighted by atomic mass is 9.52. The highest BCUT2D eigenvalue weighted by molar-refractivity contribution is 5.87. The third-order valence-electron chi connectivity index (χ3n) is 5.41. The second-order valence-corrected chi connectivity index (χ2v) is 8.84. The molecular weight excluding hydrogens is 308 g/mol. The van der Waals surface area contributed by atoms with Gasteiger partial charge in [0.2, 0.25) is 0 Å². The summed E-state index contributed by atoms with van der Waals surface area (Å²) in [6.45, 7) is 10.7. The fourth-order valence-corrected chi connectivity index (χ4v) is 4.91. The second-order valence-electron chi connectivity index (χ2n) is 8.84. The molecule has 4 fully saturated rings. The second kappa shape index (κ2) is 5.78. The van der Waals surface area contributed by atoms with Gasteiger partial charge in [0.25, 0.3) is 0 Å². The van der Waals surface area contributed by atoms with Crippen LogP contribution in [0.5, 0.6) is 0 Å². The lowest BCUT2D eigenvalue weighted by molar-refractivity contribution is -0.230. The van der Waals surface area contributed by atoms with Crippen molar-refractivity contribution >= 4 is 12.1 Å². The molecule has 5 nitrogen and oxygen atoms in total. The van der Waals surface area contributed by atoms with Crippen LogP contribution in [0.15, 0.2) is 12.2 Å². The number of esters is 1. The van der Waals surface area contributed by atoms with Crippen LogP contribution < -0.4 is 0 Å². The lowest BCUT2D eigenvalue weighted by Crippen LogP contribution is -2.63. The van der Waals surface area contributed by atoms with Crippen molar-refractivity contribution < 1.29 is 23.8 Å². The predicted molar refractivity (Wildman–Crippen MR) is 88.3 cm³/mol. The van der Waals surface area contributed by atoms with E-state index >= 15 is 0 Å². The van der Waals surface area contributed by atoms with Gasteiger partial charge < -0.3 is 14.2 Å². The summed E-state index contributed by atoms with van der Waals surface area (Å²) in [6, 6.07) is 0. The third-order valence-corrected chi connectivity index (χ3v) is 5.41. The zero-order valence-corrected chi connectivity index (χ0v) is 15.1. The Hall–Kier alpha value is -1.52. The molecule has 134 valence electrons. The molecule has 0 saturated heterocycles. The van der Waals surface area contributed by atoms with Gasteiger partial charge >= 0.3 is 12.1 Å². The van der Waals surface area contributed by atoms with Gasteiger partial charge in [-0.1, -0.05) is 6.58 Å². The molecule has 0 N–H and O–H groups in total. The minimum atomic E-state index is -0.707. The van der Waals surface area contributed by atoms with E-state index in [1.54, 1.807) is 6.92 Å². The molecule has 4 aliphatic rings. The molecule has 4 bridgehead atoms. The zero-order chi connectivity index (χ0) is 17.7. The first-order valence-electron chi connectivity index (χ1n) is 8.86. The summed E-state index contributed by atoms with van der Waals surface area (Å²) in [6.07, 6.45) is 3.72. The van der Waals surface area contributed by atoms with E-state index in [1.807, 2.05) is 20.8 Å². The first-order chi connectivity index (χ1) is 11.1. The molecule has 0 radical (unpaired) electrons. The number of ether oxygens (including phenoxy) is 3. The summed E-state index contributed by atoms with van der Waals surface area (Å²) in [5.41, 5.74) is -0.937. The van der Waals surface area contributed by atoms with Crippen LogP contribution in [-0.4, -0.2) is 29.4 Å². The highest BCUT2D eigenvalue weighted by Gasteiger charge is 2.61. The Morgan fingerprint density at radius 3 is 2.17 bits per heavy atom. The first-order valence-corrected chi connectivity index (χ1v) is 8.86. The van der Waals surface area contributed by atoms with Crippen LogP contribution in [0, 0.1) is 17.8 Å². The number of hydrogen-bond acceptors (Lipinski definition) is 5. The Kier molecular flexibility index (Phi) is 4.17. The molecule has 4 rings (SSSR count). The summed E-state index contributed by atoms with van der Waals surface area (Å²) < 4.78 is 16.9. The summed E-state index contributed by atoms with van der Waals surface area (Å²) >= 11 is 0. The van der Waals surface area contributed by atoms with Crippen LogP contribution in [0.4, 0.5) is 4.79 Å². The van der Waals surface area contributed by atoms with Gasteiger partial charge in [-0.2, -0.15) is 0 Å². The number of carbonyl (C=O) groups is 2. The fourth-order valence-electron chi connectivity index (χ4n) is 4.91. The van der Waals surface area contributed by atoms with Crippen molar-refractivity contribution in [3.8, 4) is 0 Å². The van der Waals surface area contributed by atoms with Crippen molar-refractivity contribution in [2.75, 3.05) is 0 Å². The van der Waals surface area contributed by atoms with E-state index in [2.05, 4.69) is 6.58 Å². The molecule has 3 unspecified atom stereocenters. The van der Waals surface area contributed by atoms with E-state index in [0.29, 0.717) is 17.4 Å². The van der Waals surface area contributed by atoms with Crippen LogP contribution in [0.25, 0.3) is 0 Å². The van der Waals surface area contributed by atoms with Crippen molar-refractivity contribution in [3.63, 3.8) is 0 Å². The van der Waals surface area contributed by atoms with Crippen molar-refractivity contribution in [1.82, 2.24) is 0 Å². The molecular formula is C19H28O5. The average Bonchev–Trinajstić information content (AvgIpc) is 2.39. The Morgan fingerprint density at radius 2 is 1.67 bits per heavy atom. The molecule has 3 atom stereocenters.